The second-order valence-electron chi connectivity index (χ2n) is 6.57. The van der Waals surface area contributed by atoms with E-state index >= 15 is 0 Å². The molecule has 2 heterocycles. The Morgan fingerprint density at radius 2 is 1.96 bits per heavy atom. The van der Waals surface area contributed by atoms with Gasteiger partial charge in [0.15, 0.2) is 11.5 Å². The van der Waals surface area contributed by atoms with E-state index in [9.17, 15) is 9.59 Å². The molecule has 7 heteroatoms. The zero-order chi connectivity index (χ0) is 18.4. The van der Waals surface area contributed by atoms with Gasteiger partial charge in [-0.05, 0) is 43.9 Å². The minimum Gasteiger partial charge on any atom is -0.486 e. The number of nitrogens with zero attached hydrogens (tertiary/aromatic N) is 1. The van der Waals surface area contributed by atoms with Gasteiger partial charge in [-0.2, -0.15) is 0 Å². The number of piperidine rings is 1. The minimum atomic E-state index is -0.794. The van der Waals surface area contributed by atoms with E-state index in [2.05, 4.69) is 0 Å². The van der Waals surface area contributed by atoms with Crippen LogP contribution in [0.25, 0.3) is 0 Å². The molecular formula is C19H25NO5S. The standard InChI is InChI=1S/C19H25NO5S/c21-18(20-9-2-1-3-14(20)4-7-19(22)23)8-12-26-15-5-6-16-17(13-15)25-11-10-24-16/h5-6,13-14H,1-4,7-12H2,(H,22,23). The number of ether oxygens (including phenoxy) is 2. The third-order valence-electron chi connectivity index (χ3n) is 4.74. The maximum Gasteiger partial charge on any atom is 0.303 e. The number of rotatable bonds is 7. The van der Waals surface area contributed by atoms with E-state index < -0.39 is 5.97 Å². The first-order valence-electron chi connectivity index (χ1n) is 9.17. The van der Waals surface area contributed by atoms with E-state index in [0.29, 0.717) is 31.8 Å². The Balaban J connectivity index is 1.48. The predicted octanol–water partition coefficient (Wildman–Crippen LogP) is 3.19. The number of amides is 1. The Morgan fingerprint density at radius 1 is 1.15 bits per heavy atom. The number of hydrogen-bond acceptors (Lipinski definition) is 5. The van der Waals surface area contributed by atoms with E-state index in [1.807, 2.05) is 23.1 Å². The molecule has 1 N–H and O–H groups in total. The summed E-state index contributed by atoms with van der Waals surface area (Å²) in [7, 11) is 0. The summed E-state index contributed by atoms with van der Waals surface area (Å²) in [6.45, 7) is 1.89. The van der Waals surface area contributed by atoms with Crippen molar-refractivity contribution in [2.45, 2.75) is 49.5 Å². The van der Waals surface area contributed by atoms with E-state index in [0.717, 1.165) is 42.2 Å². The van der Waals surface area contributed by atoms with Crippen LogP contribution in [0, 0.1) is 0 Å². The molecule has 1 fully saturated rings. The number of fused-ring (bicyclic) bond motifs is 1. The van der Waals surface area contributed by atoms with Gasteiger partial charge in [-0.1, -0.05) is 0 Å². The lowest BCUT2D eigenvalue weighted by Gasteiger charge is -2.35. The first-order valence-corrected chi connectivity index (χ1v) is 10.2. The average Bonchev–Trinajstić information content (AvgIpc) is 2.66. The van der Waals surface area contributed by atoms with Gasteiger partial charge >= 0.3 is 5.97 Å². The number of benzene rings is 1. The average molecular weight is 379 g/mol. The van der Waals surface area contributed by atoms with Gasteiger partial charge in [0.05, 0.1) is 0 Å². The summed E-state index contributed by atoms with van der Waals surface area (Å²) in [6.07, 6.45) is 4.12. The first kappa shape index (κ1) is 18.9. The minimum absolute atomic E-state index is 0.0756. The number of hydrogen-bond donors (Lipinski definition) is 1. The molecule has 0 saturated carbocycles. The predicted molar refractivity (Wildman–Crippen MR) is 99.0 cm³/mol. The van der Waals surface area contributed by atoms with Crippen LogP contribution in [0.2, 0.25) is 0 Å². The van der Waals surface area contributed by atoms with Crippen LogP contribution < -0.4 is 9.47 Å². The molecule has 0 aliphatic carbocycles. The molecule has 1 aromatic rings. The molecule has 1 saturated heterocycles. The van der Waals surface area contributed by atoms with Crippen LogP contribution in [0.3, 0.4) is 0 Å². The Morgan fingerprint density at radius 3 is 2.77 bits per heavy atom. The molecule has 1 aromatic carbocycles. The highest BCUT2D eigenvalue weighted by Crippen LogP contribution is 2.34. The number of aliphatic carboxylic acids is 1. The molecule has 2 aliphatic heterocycles. The highest BCUT2D eigenvalue weighted by atomic mass is 32.2. The number of thioether (sulfide) groups is 1. The molecule has 3 rings (SSSR count). The molecule has 6 nitrogen and oxygen atoms in total. The zero-order valence-corrected chi connectivity index (χ0v) is 15.6. The second-order valence-corrected chi connectivity index (χ2v) is 7.74. The van der Waals surface area contributed by atoms with Crippen LogP contribution in [-0.4, -0.2) is 53.4 Å². The molecule has 0 radical (unpaired) electrons. The SMILES string of the molecule is O=C(O)CCC1CCCCN1C(=O)CCSc1ccc2c(c1)OCCO2. The van der Waals surface area contributed by atoms with Crippen molar-refractivity contribution in [1.82, 2.24) is 4.90 Å². The van der Waals surface area contributed by atoms with Crippen LogP contribution >= 0.6 is 11.8 Å². The summed E-state index contributed by atoms with van der Waals surface area (Å²) < 4.78 is 11.1. The van der Waals surface area contributed by atoms with Gasteiger partial charge in [0.2, 0.25) is 5.91 Å². The lowest BCUT2D eigenvalue weighted by Crippen LogP contribution is -2.44. The summed E-state index contributed by atoms with van der Waals surface area (Å²) in [6, 6.07) is 5.93. The van der Waals surface area contributed by atoms with Crippen molar-refractivity contribution in [2.75, 3.05) is 25.5 Å². The Bertz CT molecular complexity index is 651. The largest absolute Gasteiger partial charge is 0.486 e. The summed E-state index contributed by atoms with van der Waals surface area (Å²) >= 11 is 1.63. The molecule has 26 heavy (non-hydrogen) atoms. The molecule has 1 unspecified atom stereocenters. The van der Waals surface area contributed by atoms with E-state index in [-0.39, 0.29) is 18.4 Å². The van der Waals surface area contributed by atoms with Crippen molar-refractivity contribution in [3.05, 3.63) is 18.2 Å². The molecule has 0 bridgehead atoms. The Hall–Kier alpha value is -1.89. The Kier molecular flexibility index (Phi) is 6.66. The van der Waals surface area contributed by atoms with Crippen molar-refractivity contribution in [3.63, 3.8) is 0 Å². The van der Waals surface area contributed by atoms with Crippen LogP contribution in [0.4, 0.5) is 0 Å². The summed E-state index contributed by atoms with van der Waals surface area (Å²) in [5, 5.41) is 8.89. The summed E-state index contributed by atoms with van der Waals surface area (Å²) in [5.41, 5.74) is 0. The summed E-state index contributed by atoms with van der Waals surface area (Å²) in [5.74, 6) is 1.56. The monoisotopic (exact) mass is 379 g/mol. The molecular weight excluding hydrogens is 354 g/mol. The van der Waals surface area contributed by atoms with Crippen LogP contribution in [-0.2, 0) is 9.59 Å². The fourth-order valence-electron chi connectivity index (χ4n) is 3.43. The number of carbonyl (C=O) groups is 2. The summed E-state index contributed by atoms with van der Waals surface area (Å²) in [4.78, 5) is 26.4. The van der Waals surface area contributed by atoms with Crippen LogP contribution in [0.5, 0.6) is 11.5 Å². The third-order valence-corrected chi connectivity index (χ3v) is 5.73. The maximum atomic E-state index is 12.6. The lowest BCUT2D eigenvalue weighted by molar-refractivity contribution is -0.140. The highest BCUT2D eigenvalue weighted by Gasteiger charge is 2.26. The van der Waals surface area contributed by atoms with E-state index in [4.69, 9.17) is 14.6 Å². The maximum absolute atomic E-state index is 12.6. The van der Waals surface area contributed by atoms with Crippen molar-refractivity contribution in [1.29, 1.82) is 0 Å². The highest BCUT2D eigenvalue weighted by molar-refractivity contribution is 7.99. The zero-order valence-electron chi connectivity index (χ0n) is 14.8. The van der Waals surface area contributed by atoms with Gasteiger partial charge in [-0.25, -0.2) is 0 Å². The smallest absolute Gasteiger partial charge is 0.303 e. The second kappa shape index (κ2) is 9.16. The number of carboxylic acids is 1. The van der Waals surface area contributed by atoms with Crippen LogP contribution in [0.1, 0.15) is 38.5 Å². The molecule has 142 valence electrons. The number of likely N-dealkylation sites (tertiary alicyclic amines) is 1. The van der Waals surface area contributed by atoms with Crippen LogP contribution in [0.15, 0.2) is 23.1 Å². The topological polar surface area (TPSA) is 76.1 Å². The fraction of sp³-hybridized carbons (Fsp3) is 0.579. The fourth-order valence-corrected chi connectivity index (χ4v) is 4.30. The van der Waals surface area contributed by atoms with Crippen molar-refractivity contribution in [3.8, 4) is 11.5 Å². The first-order chi connectivity index (χ1) is 12.6. The van der Waals surface area contributed by atoms with Crippen molar-refractivity contribution < 1.29 is 24.2 Å². The quantitative estimate of drug-likeness (QED) is 0.733. The van der Waals surface area contributed by atoms with Gasteiger partial charge in [0.1, 0.15) is 13.2 Å². The number of carbonyl (C=O) groups excluding carboxylic acids is 1. The Labute approximate surface area is 157 Å². The lowest BCUT2D eigenvalue weighted by atomic mass is 9.97. The van der Waals surface area contributed by atoms with Gasteiger partial charge in [-0.3, -0.25) is 9.59 Å². The van der Waals surface area contributed by atoms with E-state index in [1.54, 1.807) is 11.8 Å². The van der Waals surface area contributed by atoms with Gasteiger partial charge < -0.3 is 19.5 Å². The third kappa shape index (κ3) is 5.06. The molecule has 1 atom stereocenters. The number of carboxylic acid groups (broad SMARTS) is 1. The van der Waals surface area contributed by atoms with E-state index in [1.165, 1.54) is 0 Å². The van der Waals surface area contributed by atoms with Gasteiger partial charge in [-0.15, -0.1) is 11.8 Å². The molecule has 1 amide bonds. The van der Waals surface area contributed by atoms with Crippen molar-refractivity contribution >= 4 is 23.6 Å². The van der Waals surface area contributed by atoms with Gasteiger partial charge in [0, 0.05) is 36.1 Å². The molecule has 0 aromatic heterocycles. The normalized spacial score (nSPS) is 19.2. The molecule has 2 aliphatic rings. The van der Waals surface area contributed by atoms with Gasteiger partial charge in [0.25, 0.3) is 0 Å². The molecule has 0 spiro atoms. The van der Waals surface area contributed by atoms with Crippen molar-refractivity contribution in [2.24, 2.45) is 0 Å².